The highest BCUT2D eigenvalue weighted by Crippen LogP contribution is 2.20. The highest BCUT2D eigenvalue weighted by molar-refractivity contribution is 7.13. The van der Waals surface area contributed by atoms with Crippen LogP contribution in [0.3, 0.4) is 0 Å². The molecule has 110 valence electrons. The Morgan fingerprint density at radius 1 is 1.09 bits per heavy atom. The molecule has 2 N–H and O–H groups in total. The number of thiazole rings is 1. The molecule has 3 aromatic rings. The lowest BCUT2D eigenvalue weighted by molar-refractivity contribution is 0.102. The van der Waals surface area contributed by atoms with Crippen LogP contribution in [0.1, 0.15) is 10.4 Å². The van der Waals surface area contributed by atoms with E-state index in [1.165, 1.54) is 35.6 Å². The first kappa shape index (κ1) is 14.2. The van der Waals surface area contributed by atoms with Crippen molar-refractivity contribution in [2.24, 2.45) is 0 Å². The minimum absolute atomic E-state index is 0.255. The highest BCUT2D eigenvalue weighted by atomic mass is 32.1. The SMILES string of the molecule is O=C(Nc1ccc(F)cc1)c1cccc(Nc2nccs2)c1. The van der Waals surface area contributed by atoms with Gasteiger partial charge in [0.2, 0.25) is 0 Å². The molecule has 0 saturated carbocycles. The number of halogens is 1. The molecule has 6 heteroatoms. The van der Waals surface area contributed by atoms with Gasteiger partial charge in [0.05, 0.1) is 0 Å². The fourth-order valence-electron chi connectivity index (χ4n) is 1.88. The summed E-state index contributed by atoms with van der Waals surface area (Å²) in [7, 11) is 0. The van der Waals surface area contributed by atoms with Crippen molar-refractivity contribution in [3.63, 3.8) is 0 Å². The van der Waals surface area contributed by atoms with E-state index in [1.807, 2.05) is 11.4 Å². The standard InChI is InChI=1S/C16H12FN3OS/c17-12-4-6-13(7-5-12)19-15(21)11-2-1-3-14(10-11)20-16-18-8-9-22-16/h1-10H,(H,18,20)(H,19,21). The van der Waals surface area contributed by atoms with Gasteiger partial charge in [-0.2, -0.15) is 0 Å². The first-order chi connectivity index (χ1) is 10.7. The lowest BCUT2D eigenvalue weighted by Gasteiger charge is -2.07. The van der Waals surface area contributed by atoms with E-state index in [-0.39, 0.29) is 11.7 Å². The predicted octanol–water partition coefficient (Wildman–Crippen LogP) is 4.28. The molecule has 1 heterocycles. The van der Waals surface area contributed by atoms with Crippen LogP contribution in [-0.4, -0.2) is 10.9 Å². The van der Waals surface area contributed by atoms with Crippen molar-refractivity contribution in [2.75, 3.05) is 10.6 Å². The van der Waals surface area contributed by atoms with E-state index in [9.17, 15) is 9.18 Å². The van der Waals surface area contributed by atoms with Crippen molar-refractivity contribution < 1.29 is 9.18 Å². The Bertz CT molecular complexity index is 772. The predicted molar refractivity (Wildman–Crippen MR) is 86.2 cm³/mol. The Balaban J connectivity index is 1.73. The van der Waals surface area contributed by atoms with Crippen molar-refractivity contribution >= 4 is 33.8 Å². The molecule has 0 bridgehead atoms. The first-order valence-electron chi connectivity index (χ1n) is 6.54. The lowest BCUT2D eigenvalue weighted by Crippen LogP contribution is -2.12. The minimum atomic E-state index is -0.340. The molecule has 4 nitrogen and oxygen atoms in total. The molecule has 22 heavy (non-hydrogen) atoms. The summed E-state index contributed by atoms with van der Waals surface area (Å²) in [6, 6.07) is 12.7. The second-order valence-corrected chi connectivity index (χ2v) is 5.40. The maximum Gasteiger partial charge on any atom is 0.255 e. The normalized spacial score (nSPS) is 10.2. The molecule has 0 atom stereocenters. The Labute approximate surface area is 130 Å². The zero-order valence-corrected chi connectivity index (χ0v) is 12.2. The van der Waals surface area contributed by atoms with Gasteiger partial charge >= 0.3 is 0 Å². The summed E-state index contributed by atoms with van der Waals surface area (Å²) in [5.41, 5.74) is 1.83. The molecule has 0 fully saturated rings. The third kappa shape index (κ3) is 3.48. The molecule has 0 spiro atoms. The van der Waals surface area contributed by atoms with E-state index in [0.29, 0.717) is 11.3 Å². The topological polar surface area (TPSA) is 54.0 Å². The largest absolute Gasteiger partial charge is 0.332 e. The second-order valence-electron chi connectivity index (χ2n) is 4.50. The summed E-state index contributed by atoms with van der Waals surface area (Å²) in [5, 5.41) is 8.48. The molecule has 1 amide bonds. The van der Waals surface area contributed by atoms with Crippen LogP contribution in [0.4, 0.5) is 20.9 Å². The third-order valence-electron chi connectivity index (χ3n) is 2.91. The summed E-state index contributed by atoms with van der Waals surface area (Å²) < 4.78 is 12.9. The van der Waals surface area contributed by atoms with E-state index in [2.05, 4.69) is 15.6 Å². The van der Waals surface area contributed by atoms with Crippen molar-refractivity contribution in [3.05, 3.63) is 71.5 Å². The van der Waals surface area contributed by atoms with Crippen LogP contribution in [-0.2, 0) is 0 Å². The number of nitrogens with one attached hydrogen (secondary N) is 2. The molecule has 0 saturated heterocycles. The number of aromatic nitrogens is 1. The van der Waals surface area contributed by atoms with Crippen LogP contribution in [0.5, 0.6) is 0 Å². The number of carbonyl (C=O) groups excluding carboxylic acids is 1. The zero-order chi connectivity index (χ0) is 15.4. The van der Waals surface area contributed by atoms with Crippen LogP contribution in [0.2, 0.25) is 0 Å². The molecule has 0 unspecified atom stereocenters. The zero-order valence-electron chi connectivity index (χ0n) is 11.4. The molecule has 0 aliphatic carbocycles. The maximum absolute atomic E-state index is 12.9. The quantitative estimate of drug-likeness (QED) is 0.756. The summed E-state index contributed by atoms with van der Waals surface area (Å²) in [6.07, 6.45) is 1.71. The van der Waals surface area contributed by atoms with Crippen molar-refractivity contribution in [3.8, 4) is 0 Å². The second kappa shape index (κ2) is 6.36. The monoisotopic (exact) mass is 313 g/mol. The van der Waals surface area contributed by atoms with Gasteiger partial charge in [-0.05, 0) is 42.5 Å². The molecular weight excluding hydrogens is 301 g/mol. The maximum atomic E-state index is 12.9. The minimum Gasteiger partial charge on any atom is -0.332 e. The highest BCUT2D eigenvalue weighted by Gasteiger charge is 2.07. The van der Waals surface area contributed by atoms with E-state index in [0.717, 1.165) is 10.8 Å². The van der Waals surface area contributed by atoms with Crippen molar-refractivity contribution in [1.29, 1.82) is 0 Å². The Kier molecular flexibility index (Phi) is 4.11. The van der Waals surface area contributed by atoms with Gasteiger partial charge in [-0.15, -0.1) is 11.3 Å². The molecule has 2 aromatic carbocycles. The Hall–Kier alpha value is -2.73. The van der Waals surface area contributed by atoms with E-state index in [4.69, 9.17) is 0 Å². The van der Waals surface area contributed by atoms with Gasteiger partial charge in [-0.3, -0.25) is 4.79 Å². The number of benzene rings is 2. The molecule has 3 rings (SSSR count). The van der Waals surface area contributed by atoms with E-state index >= 15 is 0 Å². The summed E-state index contributed by atoms with van der Waals surface area (Å²) in [5.74, 6) is -0.595. The van der Waals surface area contributed by atoms with Crippen LogP contribution < -0.4 is 10.6 Å². The molecule has 0 aliphatic heterocycles. The smallest absolute Gasteiger partial charge is 0.255 e. The number of carbonyl (C=O) groups is 1. The van der Waals surface area contributed by atoms with Crippen LogP contribution in [0.25, 0.3) is 0 Å². The molecule has 1 aromatic heterocycles. The molecule has 0 aliphatic rings. The van der Waals surface area contributed by atoms with E-state index < -0.39 is 0 Å². The number of hydrogen-bond donors (Lipinski definition) is 2. The van der Waals surface area contributed by atoms with Crippen molar-refractivity contribution in [2.45, 2.75) is 0 Å². The van der Waals surface area contributed by atoms with Crippen LogP contribution in [0, 0.1) is 5.82 Å². The van der Waals surface area contributed by atoms with Crippen molar-refractivity contribution in [1.82, 2.24) is 4.98 Å². The summed E-state index contributed by atoms with van der Waals surface area (Å²) in [4.78, 5) is 16.3. The van der Waals surface area contributed by atoms with Gasteiger partial charge in [-0.25, -0.2) is 9.37 Å². The summed E-state index contributed by atoms with van der Waals surface area (Å²) in [6.45, 7) is 0. The fourth-order valence-corrected chi connectivity index (χ4v) is 2.43. The van der Waals surface area contributed by atoms with Gasteiger partial charge in [-0.1, -0.05) is 6.07 Å². The average Bonchev–Trinajstić information content (AvgIpc) is 3.03. The van der Waals surface area contributed by atoms with Gasteiger partial charge in [0.25, 0.3) is 5.91 Å². The Morgan fingerprint density at radius 2 is 1.91 bits per heavy atom. The van der Waals surface area contributed by atoms with Crippen LogP contribution in [0.15, 0.2) is 60.1 Å². The number of hydrogen-bond acceptors (Lipinski definition) is 4. The van der Waals surface area contributed by atoms with Gasteiger partial charge in [0.15, 0.2) is 5.13 Å². The molecule has 0 radical (unpaired) electrons. The Morgan fingerprint density at radius 3 is 2.64 bits per heavy atom. The first-order valence-corrected chi connectivity index (χ1v) is 7.42. The number of amides is 1. The number of rotatable bonds is 4. The average molecular weight is 313 g/mol. The molecular formula is C16H12FN3OS. The third-order valence-corrected chi connectivity index (χ3v) is 3.60. The van der Waals surface area contributed by atoms with Gasteiger partial charge in [0, 0.05) is 28.5 Å². The number of nitrogens with zero attached hydrogens (tertiary/aromatic N) is 1. The van der Waals surface area contributed by atoms with E-state index in [1.54, 1.807) is 24.4 Å². The fraction of sp³-hybridized carbons (Fsp3) is 0. The number of anilines is 3. The van der Waals surface area contributed by atoms with Gasteiger partial charge in [0.1, 0.15) is 5.82 Å². The lowest BCUT2D eigenvalue weighted by atomic mass is 10.2. The summed E-state index contributed by atoms with van der Waals surface area (Å²) >= 11 is 1.48. The van der Waals surface area contributed by atoms with Crippen LogP contribution >= 0.6 is 11.3 Å². The van der Waals surface area contributed by atoms with Gasteiger partial charge < -0.3 is 10.6 Å².